The molecule has 1 heterocycles. The maximum atomic E-state index is 13.2. The van der Waals surface area contributed by atoms with Gasteiger partial charge in [0, 0.05) is 24.3 Å². The lowest BCUT2D eigenvalue weighted by molar-refractivity contribution is 0.0332. The number of halogens is 2. The summed E-state index contributed by atoms with van der Waals surface area (Å²) in [7, 11) is 0. The molecule has 1 saturated heterocycles. The smallest absolute Gasteiger partial charge is 0.124 e. The normalized spacial score (nSPS) is 25.4. The first-order chi connectivity index (χ1) is 12.2. The SMILES string of the molecule is CCN(CCC1CCC(c2ccc(F)cc2Cl)CC1)C1CCOCC1. The quantitative estimate of drug-likeness (QED) is 0.644. The van der Waals surface area contributed by atoms with Crippen molar-refractivity contribution in [2.24, 2.45) is 5.92 Å². The van der Waals surface area contributed by atoms with Gasteiger partial charge < -0.3 is 9.64 Å². The Morgan fingerprint density at radius 1 is 1.12 bits per heavy atom. The molecule has 3 rings (SSSR count). The monoisotopic (exact) mass is 367 g/mol. The van der Waals surface area contributed by atoms with Crippen molar-refractivity contribution >= 4 is 11.6 Å². The van der Waals surface area contributed by atoms with E-state index in [1.807, 2.05) is 6.07 Å². The van der Waals surface area contributed by atoms with Crippen LogP contribution in [0.15, 0.2) is 18.2 Å². The molecule has 2 fully saturated rings. The van der Waals surface area contributed by atoms with Crippen molar-refractivity contribution in [3.05, 3.63) is 34.6 Å². The highest BCUT2D eigenvalue weighted by molar-refractivity contribution is 6.31. The lowest BCUT2D eigenvalue weighted by Gasteiger charge is -2.35. The predicted octanol–water partition coefficient (Wildman–Crippen LogP) is 5.64. The van der Waals surface area contributed by atoms with E-state index in [4.69, 9.17) is 16.3 Å². The van der Waals surface area contributed by atoms with Crippen LogP contribution in [-0.2, 0) is 4.74 Å². The second kappa shape index (κ2) is 9.34. The Labute approximate surface area is 156 Å². The van der Waals surface area contributed by atoms with Crippen LogP contribution in [0.1, 0.15) is 63.4 Å². The van der Waals surface area contributed by atoms with E-state index < -0.39 is 0 Å². The fourth-order valence-corrected chi connectivity index (χ4v) is 4.91. The van der Waals surface area contributed by atoms with Gasteiger partial charge in [-0.1, -0.05) is 24.6 Å². The van der Waals surface area contributed by atoms with Crippen LogP contribution in [0.4, 0.5) is 4.39 Å². The lowest BCUT2D eigenvalue weighted by atomic mass is 9.77. The molecule has 1 saturated carbocycles. The van der Waals surface area contributed by atoms with E-state index >= 15 is 0 Å². The van der Waals surface area contributed by atoms with E-state index in [0.717, 1.165) is 31.2 Å². The van der Waals surface area contributed by atoms with Gasteiger partial charge in [-0.3, -0.25) is 0 Å². The highest BCUT2D eigenvalue weighted by atomic mass is 35.5. The van der Waals surface area contributed by atoms with Gasteiger partial charge in [-0.25, -0.2) is 4.39 Å². The Morgan fingerprint density at radius 3 is 2.48 bits per heavy atom. The summed E-state index contributed by atoms with van der Waals surface area (Å²) in [6.07, 6.45) is 8.56. The summed E-state index contributed by atoms with van der Waals surface area (Å²) in [5, 5.41) is 0.597. The number of benzene rings is 1. The molecule has 25 heavy (non-hydrogen) atoms. The minimum Gasteiger partial charge on any atom is -0.381 e. The summed E-state index contributed by atoms with van der Waals surface area (Å²) in [6, 6.07) is 5.59. The molecule has 0 atom stereocenters. The molecule has 0 radical (unpaired) electrons. The topological polar surface area (TPSA) is 12.5 Å². The van der Waals surface area contributed by atoms with Crippen molar-refractivity contribution in [2.45, 2.75) is 63.8 Å². The Bertz CT molecular complexity index is 539. The van der Waals surface area contributed by atoms with Crippen LogP contribution < -0.4 is 0 Å². The summed E-state index contributed by atoms with van der Waals surface area (Å²) in [4.78, 5) is 2.66. The third kappa shape index (κ3) is 5.18. The molecule has 4 heteroatoms. The maximum absolute atomic E-state index is 13.2. The zero-order chi connectivity index (χ0) is 17.6. The summed E-state index contributed by atoms with van der Waals surface area (Å²) in [5.74, 6) is 1.08. The van der Waals surface area contributed by atoms with Gasteiger partial charge in [0.25, 0.3) is 0 Å². The standard InChI is InChI=1S/C21H31ClFNO/c1-2-24(19-10-13-25-14-11-19)12-9-16-3-5-17(6-4-16)20-8-7-18(23)15-21(20)22/h7-8,15-17,19H,2-6,9-14H2,1H3. The number of hydrogen-bond donors (Lipinski definition) is 0. The van der Waals surface area contributed by atoms with Gasteiger partial charge in [0.1, 0.15) is 5.82 Å². The van der Waals surface area contributed by atoms with Crippen LogP contribution in [0.5, 0.6) is 0 Å². The minimum absolute atomic E-state index is 0.241. The Balaban J connectivity index is 1.45. The van der Waals surface area contributed by atoms with Gasteiger partial charge in [0.2, 0.25) is 0 Å². The fourth-order valence-electron chi connectivity index (χ4n) is 4.59. The van der Waals surface area contributed by atoms with Crippen LogP contribution in [0, 0.1) is 11.7 Å². The van der Waals surface area contributed by atoms with Gasteiger partial charge in [0.05, 0.1) is 0 Å². The largest absolute Gasteiger partial charge is 0.381 e. The third-order valence-corrected chi connectivity index (χ3v) is 6.51. The molecule has 140 valence electrons. The van der Waals surface area contributed by atoms with Gasteiger partial charge in [-0.05, 0) is 87.6 Å². The van der Waals surface area contributed by atoms with E-state index in [0.29, 0.717) is 17.0 Å². The van der Waals surface area contributed by atoms with Crippen molar-refractivity contribution in [3.63, 3.8) is 0 Å². The molecule has 2 nitrogen and oxygen atoms in total. The Hall–Kier alpha value is -0.640. The molecule has 0 N–H and O–H groups in total. The maximum Gasteiger partial charge on any atom is 0.124 e. The first-order valence-electron chi connectivity index (χ1n) is 9.94. The van der Waals surface area contributed by atoms with Crippen molar-refractivity contribution in [1.29, 1.82) is 0 Å². The first kappa shape index (κ1) is 19.1. The first-order valence-corrected chi connectivity index (χ1v) is 10.3. The van der Waals surface area contributed by atoms with Crippen molar-refractivity contribution in [2.75, 3.05) is 26.3 Å². The van der Waals surface area contributed by atoms with Crippen LogP contribution >= 0.6 is 11.6 Å². The Kier molecular flexibility index (Phi) is 7.15. The average molecular weight is 368 g/mol. The third-order valence-electron chi connectivity index (χ3n) is 6.19. The van der Waals surface area contributed by atoms with Gasteiger partial charge in [-0.15, -0.1) is 0 Å². The second-order valence-electron chi connectivity index (χ2n) is 7.64. The zero-order valence-electron chi connectivity index (χ0n) is 15.4. The molecule has 1 aromatic rings. The molecule has 0 bridgehead atoms. The van der Waals surface area contributed by atoms with Crippen LogP contribution in [-0.4, -0.2) is 37.2 Å². The van der Waals surface area contributed by atoms with Gasteiger partial charge >= 0.3 is 0 Å². The van der Waals surface area contributed by atoms with E-state index in [1.165, 1.54) is 57.6 Å². The van der Waals surface area contributed by atoms with Crippen molar-refractivity contribution < 1.29 is 9.13 Å². The van der Waals surface area contributed by atoms with E-state index in [9.17, 15) is 4.39 Å². The van der Waals surface area contributed by atoms with Crippen LogP contribution in [0.3, 0.4) is 0 Å². The number of ether oxygens (including phenoxy) is 1. The fraction of sp³-hybridized carbons (Fsp3) is 0.714. The number of hydrogen-bond acceptors (Lipinski definition) is 2. The van der Waals surface area contributed by atoms with Crippen molar-refractivity contribution in [3.8, 4) is 0 Å². The molecule has 0 aromatic heterocycles. The summed E-state index contributed by atoms with van der Waals surface area (Å²) < 4.78 is 18.7. The molecule has 0 spiro atoms. The predicted molar refractivity (Wildman–Crippen MR) is 102 cm³/mol. The summed E-state index contributed by atoms with van der Waals surface area (Å²) >= 11 is 6.25. The van der Waals surface area contributed by atoms with Gasteiger partial charge in [0.15, 0.2) is 0 Å². The van der Waals surface area contributed by atoms with Crippen LogP contribution in [0.25, 0.3) is 0 Å². The highest BCUT2D eigenvalue weighted by Gasteiger charge is 2.26. The lowest BCUT2D eigenvalue weighted by Crippen LogP contribution is -2.40. The molecular weight excluding hydrogens is 337 g/mol. The second-order valence-corrected chi connectivity index (χ2v) is 8.05. The average Bonchev–Trinajstić information content (AvgIpc) is 2.64. The summed E-state index contributed by atoms with van der Waals surface area (Å²) in [5.41, 5.74) is 1.14. The van der Waals surface area contributed by atoms with Crippen LogP contribution in [0.2, 0.25) is 5.02 Å². The van der Waals surface area contributed by atoms with E-state index in [2.05, 4.69) is 11.8 Å². The van der Waals surface area contributed by atoms with Crippen molar-refractivity contribution in [1.82, 2.24) is 4.90 Å². The molecule has 0 unspecified atom stereocenters. The molecule has 1 aliphatic heterocycles. The number of rotatable bonds is 6. The number of nitrogens with zero attached hydrogens (tertiary/aromatic N) is 1. The Morgan fingerprint density at radius 2 is 1.84 bits per heavy atom. The molecule has 1 aliphatic carbocycles. The highest BCUT2D eigenvalue weighted by Crippen LogP contribution is 2.39. The van der Waals surface area contributed by atoms with E-state index in [1.54, 1.807) is 6.07 Å². The van der Waals surface area contributed by atoms with E-state index in [-0.39, 0.29) is 5.82 Å². The minimum atomic E-state index is -0.241. The zero-order valence-corrected chi connectivity index (χ0v) is 16.1. The molecular formula is C21H31ClFNO. The molecule has 2 aliphatic rings. The molecule has 0 amide bonds. The van der Waals surface area contributed by atoms with Gasteiger partial charge in [-0.2, -0.15) is 0 Å². The molecule has 1 aromatic carbocycles. The summed E-state index contributed by atoms with van der Waals surface area (Å²) in [6.45, 7) is 6.48.